The Morgan fingerprint density at radius 1 is 0.412 bits per heavy atom. The third-order valence-electron chi connectivity index (χ3n) is 6.11. The van der Waals surface area contributed by atoms with Gasteiger partial charge in [-0.1, -0.05) is 0 Å². The molecule has 6 rings (SSSR count). The summed E-state index contributed by atoms with van der Waals surface area (Å²) in [6.07, 6.45) is 5.18. The number of aromatic amines is 3. The van der Waals surface area contributed by atoms with Crippen LogP contribution in [0.15, 0.2) is 55.4 Å². The molecule has 3 radical (unpaired) electrons. The average Bonchev–Trinajstić information content (AvgIpc) is 3.52. The van der Waals surface area contributed by atoms with Gasteiger partial charge in [-0.25, -0.2) is 15.0 Å². The van der Waals surface area contributed by atoms with Crippen molar-refractivity contribution in [2.45, 2.75) is 41.5 Å². The number of imidazole rings is 3. The summed E-state index contributed by atoms with van der Waals surface area (Å²) in [6.45, 7) is 12.6. The molecule has 171 valence electrons. The second-order valence-electron chi connectivity index (χ2n) is 8.57. The molecule has 7 heteroatoms. The van der Waals surface area contributed by atoms with Crippen LogP contribution in [-0.2, 0) is 0 Å². The molecule has 0 atom stereocenters. The summed E-state index contributed by atoms with van der Waals surface area (Å²) in [5, 5.41) is 0. The van der Waals surface area contributed by atoms with Gasteiger partial charge in [0.2, 0.25) is 0 Å². The molecule has 0 fully saturated rings. The summed E-state index contributed by atoms with van der Waals surface area (Å²) in [6, 6.07) is 12.7. The minimum absolute atomic E-state index is 0. The molecular weight excluding hydrogens is 478 g/mol. The van der Waals surface area contributed by atoms with Crippen molar-refractivity contribution in [1.82, 2.24) is 29.9 Å². The van der Waals surface area contributed by atoms with Gasteiger partial charge in [0.1, 0.15) is 0 Å². The van der Waals surface area contributed by atoms with E-state index in [1.807, 2.05) is 0 Å². The molecule has 3 heterocycles. The molecule has 0 aliphatic carbocycles. The Balaban J connectivity index is 0.000000141. The predicted octanol–water partition coefficient (Wildman–Crippen LogP) is 6.16. The van der Waals surface area contributed by atoms with Crippen LogP contribution in [0.4, 0.5) is 0 Å². The molecular formula is C27H30GaN6. The van der Waals surface area contributed by atoms with Crippen LogP contribution in [0.1, 0.15) is 33.4 Å². The molecule has 0 saturated heterocycles. The zero-order chi connectivity index (χ0) is 23.5. The fourth-order valence-corrected chi connectivity index (χ4v) is 3.58. The Morgan fingerprint density at radius 2 is 0.647 bits per heavy atom. The van der Waals surface area contributed by atoms with E-state index in [9.17, 15) is 0 Å². The van der Waals surface area contributed by atoms with Crippen LogP contribution in [0.2, 0.25) is 0 Å². The molecule has 6 nitrogen and oxygen atoms in total. The van der Waals surface area contributed by atoms with Crippen LogP contribution < -0.4 is 0 Å². The van der Waals surface area contributed by atoms with Crippen LogP contribution in [-0.4, -0.2) is 49.7 Å². The van der Waals surface area contributed by atoms with Crippen LogP contribution in [0.3, 0.4) is 0 Å². The fraction of sp³-hybridized carbons (Fsp3) is 0.222. The maximum atomic E-state index is 4.17. The molecule has 0 aliphatic heterocycles. The van der Waals surface area contributed by atoms with Gasteiger partial charge >= 0.3 is 0 Å². The van der Waals surface area contributed by atoms with E-state index in [-0.39, 0.29) is 19.8 Å². The summed E-state index contributed by atoms with van der Waals surface area (Å²) >= 11 is 0. The topological polar surface area (TPSA) is 86.0 Å². The summed E-state index contributed by atoms with van der Waals surface area (Å²) in [4.78, 5) is 21.7. The van der Waals surface area contributed by atoms with Gasteiger partial charge < -0.3 is 15.0 Å². The number of nitrogens with zero attached hydrogens (tertiary/aromatic N) is 3. The van der Waals surface area contributed by atoms with Crippen LogP contribution >= 0.6 is 0 Å². The number of fused-ring (bicyclic) bond motifs is 3. The number of rotatable bonds is 0. The van der Waals surface area contributed by atoms with Gasteiger partial charge in [0.05, 0.1) is 52.1 Å². The number of aryl methyl sites for hydroxylation is 6. The molecule has 0 bridgehead atoms. The minimum atomic E-state index is 0. The van der Waals surface area contributed by atoms with Gasteiger partial charge in [-0.05, 0) is 111 Å². The maximum Gasteiger partial charge on any atom is 0.0931 e. The van der Waals surface area contributed by atoms with Crippen molar-refractivity contribution in [3.8, 4) is 0 Å². The predicted molar refractivity (Wildman–Crippen MR) is 142 cm³/mol. The summed E-state index contributed by atoms with van der Waals surface area (Å²) < 4.78 is 0. The molecule has 0 unspecified atom stereocenters. The van der Waals surface area contributed by atoms with E-state index in [1.54, 1.807) is 19.0 Å². The molecule has 3 aromatic carbocycles. The molecule has 3 N–H and O–H groups in total. The fourth-order valence-electron chi connectivity index (χ4n) is 3.58. The van der Waals surface area contributed by atoms with Crippen molar-refractivity contribution >= 4 is 52.9 Å². The number of benzene rings is 3. The van der Waals surface area contributed by atoms with Crippen molar-refractivity contribution < 1.29 is 0 Å². The smallest absolute Gasteiger partial charge is 0.0931 e. The third kappa shape index (κ3) is 5.60. The summed E-state index contributed by atoms with van der Waals surface area (Å²) in [5.74, 6) is 0. The molecule has 0 spiro atoms. The van der Waals surface area contributed by atoms with E-state index < -0.39 is 0 Å². The van der Waals surface area contributed by atoms with Gasteiger partial charge in [0.25, 0.3) is 0 Å². The van der Waals surface area contributed by atoms with E-state index in [4.69, 9.17) is 0 Å². The Morgan fingerprint density at radius 3 is 0.912 bits per heavy atom. The maximum absolute atomic E-state index is 4.17. The third-order valence-corrected chi connectivity index (χ3v) is 6.11. The number of nitrogens with one attached hydrogen (secondary N) is 3. The largest absolute Gasteiger partial charge is 0.345 e. The number of H-pyrrole nitrogens is 3. The van der Waals surface area contributed by atoms with Crippen molar-refractivity contribution in [3.05, 3.63) is 88.8 Å². The first-order valence-corrected chi connectivity index (χ1v) is 11.0. The van der Waals surface area contributed by atoms with E-state index in [0.29, 0.717) is 0 Å². The Kier molecular flexibility index (Phi) is 8.01. The van der Waals surface area contributed by atoms with E-state index >= 15 is 0 Å². The second kappa shape index (κ2) is 10.8. The SMILES string of the molecule is Cc1cc2nc[nH]c2cc1C.Cc1cc2nc[nH]c2cc1C.Cc1cc2nc[nH]c2cc1C.[Ga]. The summed E-state index contributed by atoms with van der Waals surface area (Å²) in [7, 11) is 0. The monoisotopic (exact) mass is 507 g/mol. The van der Waals surface area contributed by atoms with Crippen molar-refractivity contribution in [3.63, 3.8) is 0 Å². The van der Waals surface area contributed by atoms with Gasteiger partial charge in [-0.3, -0.25) is 0 Å². The zero-order valence-electron chi connectivity index (χ0n) is 20.6. The zero-order valence-corrected chi connectivity index (χ0v) is 23.0. The first-order valence-electron chi connectivity index (χ1n) is 11.0. The summed E-state index contributed by atoms with van der Waals surface area (Å²) in [5.41, 5.74) is 14.3. The van der Waals surface area contributed by atoms with Gasteiger partial charge in [-0.2, -0.15) is 0 Å². The molecule has 0 saturated carbocycles. The number of hydrogen-bond acceptors (Lipinski definition) is 3. The van der Waals surface area contributed by atoms with Crippen LogP contribution in [0.5, 0.6) is 0 Å². The Labute approximate surface area is 212 Å². The Hall–Kier alpha value is -3.29. The number of aromatic nitrogens is 6. The first kappa shape index (κ1) is 25.3. The standard InChI is InChI=1S/3C9H10N2.Ga/c3*1-6-3-8-9(4-7(6)2)11-5-10-8;/h3*3-5H,1-2H3,(H,10,11);. The van der Waals surface area contributed by atoms with E-state index in [2.05, 4.69) is 108 Å². The van der Waals surface area contributed by atoms with E-state index in [1.165, 1.54) is 33.4 Å². The first-order chi connectivity index (χ1) is 15.8. The normalized spacial score (nSPS) is 10.4. The van der Waals surface area contributed by atoms with Crippen LogP contribution in [0.25, 0.3) is 33.1 Å². The van der Waals surface area contributed by atoms with Gasteiger partial charge in [0.15, 0.2) is 0 Å². The molecule has 3 aromatic heterocycles. The van der Waals surface area contributed by atoms with E-state index in [0.717, 1.165) is 33.1 Å². The molecule has 0 amide bonds. The van der Waals surface area contributed by atoms with Gasteiger partial charge in [0, 0.05) is 19.8 Å². The average molecular weight is 508 g/mol. The van der Waals surface area contributed by atoms with Crippen molar-refractivity contribution in [1.29, 1.82) is 0 Å². The van der Waals surface area contributed by atoms with Crippen LogP contribution in [0, 0.1) is 41.5 Å². The molecule has 34 heavy (non-hydrogen) atoms. The van der Waals surface area contributed by atoms with Gasteiger partial charge in [-0.15, -0.1) is 0 Å². The molecule has 6 aromatic rings. The van der Waals surface area contributed by atoms with Crippen molar-refractivity contribution in [2.24, 2.45) is 0 Å². The van der Waals surface area contributed by atoms with Crippen molar-refractivity contribution in [2.75, 3.05) is 0 Å². The second-order valence-corrected chi connectivity index (χ2v) is 8.57. The molecule has 0 aliphatic rings. The quantitative estimate of drug-likeness (QED) is 0.215. The number of hydrogen-bond donors (Lipinski definition) is 3. The Bertz CT molecular complexity index is 1250. The minimum Gasteiger partial charge on any atom is -0.345 e.